The second kappa shape index (κ2) is 12.0. The number of thiophene rings is 1. The lowest BCUT2D eigenvalue weighted by Crippen LogP contribution is -2.53. The van der Waals surface area contributed by atoms with E-state index in [0.29, 0.717) is 9.21 Å². The molecule has 3 N–H and O–H groups in total. The molecule has 4 rings (SSSR count). The minimum atomic E-state index is -3.13. The Bertz CT molecular complexity index is 1110. The number of rotatable bonds is 10. The number of hydrogen-bond donors (Lipinski definition) is 3. The Hall–Kier alpha value is -2.80. The third kappa shape index (κ3) is 6.69. The van der Waals surface area contributed by atoms with Gasteiger partial charge in [0.05, 0.1) is 21.5 Å². The van der Waals surface area contributed by atoms with Crippen molar-refractivity contribution in [1.29, 1.82) is 0 Å². The van der Waals surface area contributed by atoms with Gasteiger partial charge in [-0.2, -0.15) is 8.78 Å². The van der Waals surface area contributed by atoms with Crippen LogP contribution < -0.4 is 25.6 Å². The molecule has 2 aromatic rings. The quantitative estimate of drug-likeness (QED) is 0.425. The van der Waals surface area contributed by atoms with Crippen molar-refractivity contribution in [2.75, 3.05) is 36.5 Å². The van der Waals surface area contributed by atoms with Crippen LogP contribution in [0.3, 0.4) is 0 Å². The Balaban J connectivity index is 1.47. The Kier molecular flexibility index (Phi) is 8.72. The van der Waals surface area contributed by atoms with Gasteiger partial charge in [-0.25, -0.2) is 0 Å². The van der Waals surface area contributed by atoms with Gasteiger partial charge in [-0.05, 0) is 37.1 Å². The van der Waals surface area contributed by atoms with Crippen molar-refractivity contribution in [1.82, 2.24) is 10.6 Å². The third-order valence-electron chi connectivity index (χ3n) is 5.84. The highest BCUT2D eigenvalue weighted by molar-refractivity contribution is 7.18. The molecule has 0 unspecified atom stereocenters. The van der Waals surface area contributed by atoms with Crippen molar-refractivity contribution in [3.05, 3.63) is 39.5 Å². The molecule has 0 spiro atoms. The van der Waals surface area contributed by atoms with Gasteiger partial charge in [-0.3, -0.25) is 14.4 Å². The van der Waals surface area contributed by atoms with Gasteiger partial charge in [0.2, 0.25) is 5.91 Å². The number of nitrogens with zero attached hydrogens (tertiary/aromatic N) is 1. The van der Waals surface area contributed by atoms with Crippen molar-refractivity contribution in [2.24, 2.45) is 0 Å². The van der Waals surface area contributed by atoms with Gasteiger partial charge in [-0.1, -0.05) is 18.0 Å². The van der Waals surface area contributed by atoms with E-state index in [1.54, 1.807) is 12.1 Å². The summed E-state index contributed by atoms with van der Waals surface area (Å²) in [7, 11) is 0. The van der Waals surface area contributed by atoms with E-state index >= 15 is 0 Å². The normalized spacial score (nSPS) is 17.0. The molecule has 2 heterocycles. The van der Waals surface area contributed by atoms with E-state index < -0.39 is 18.6 Å². The zero-order chi connectivity index (χ0) is 25.7. The van der Waals surface area contributed by atoms with Crippen LogP contribution in [0.4, 0.5) is 20.2 Å². The minimum absolute atomic E-state index is 0.0113. The van der Waals surface area contributed by atoms with Crippen molar-refractivity contribution < 1.29 is 32.6 Å². The number of carbonyl (C=O) groups excluding carboxylic acids is 3. The second-order valence-corrected chi connectivity index (χ2v) is 10.0. The first kappa shape index (κ1) is 26.3. The minimum Gasteiger partial charge on any atom is -0.433 e. The lowest BCUT2D eigenvalue weighted by molar-refractivity contribution is -0.125. The van der Waals surface area contributed by atoms with Crippen molar-refractivity contribution in [2.45, 2.75) is 38.0 Å². The molecule has 3 amide bonds. The van der Waals surface area contributed by atoms with Crippen LogP contribution in [0.2, 0.25) is 4.34 Å². The number of carbonyl (C=O) groups is 3. The lowest BCUT2D eigenvalue weighted by Gasteiger charge is -2.31. The summed E-state index contributed by atoms with van der Waals surface area (Å²) in [6.07, 6.45) is 2.86. The molecular weight excluding hydrogens is 518 g/mol. The predicted molar refractivity (Wildman–Crippen MR) is 131 cm³/mol. The van der Waals surface area contributed by atoms with Crippen molar-refractivity contribution >= 4 is 52.0 Å². The molecule has 36 heavy (non-hydrogen) atoms. The van der Waals surface area contributed by atoms with Gasteiger partial charge in [-0.15, -0.1) is 11.3 Å². The highest BCUT2D eigenvalue weighted by atomic mass is 35.5. The van der Waals surface area contributed by atoms with Crippen LogP contribution in [0.1, 0.15) is 28.9 Å². The Morgan fingerprint density at radius 2 is 2.06 bits per heavy atom. The Morgan fingerprint density at radius 3 is 2.69 bits per heavy atom. The van der Waals surface area contributed by atoms with Crippen molar-refractivity contribution in [3.8, 4) is 5.75 Å². The highest BCUT2D eigenvalue weighted by Crippen LogP contribution is 2.33. The molecular formula is C23H25ClF2N4O5S. The zero-order valence-corrected chi connectivity index (χ0v) is 20.7. The summed E-state index contributed by atoms with van der Waals surface area (Å²) in [6, 6.07) is 6.77. The van der Waals surface area contributed by atoms with Crippen LogP contribution in [0.15, 0.2) is 30.3 Å². The van der Waals surface area contributed by atoms with E-state index in [2.05, 4.69) is 20.7 Å². The topological polar surface area (TPSA) is 109 Å². The molecule has 2 fully saturated rings. The number of anilines is 2. The molecule has 194 valence electrons. The van der Waals surface area contributed by atoms with Crippen LogP contribution in [-0.4, -0.2) is 62.7 Å². The number of hydrogen-bond acceptors (Lipinski definition) is 7. The summed E-state index contributed by atoms with van der Waals surface area (Å²) >= 11 is 7.02. The van der Waals surface area contributed by atoms with Gasteiger partial charge in [0.15, 0.2) is 5.75 Å². The maximum atomic E-state index is 13.1. The Labute approximate surface area is 215 Å². The number of nitrogens with one attached hydrogen (secondary N) is 3. The average Bonchev–Trinajstić information content (AvgIpc) is 3.24. The molecule has 9 nitrogen and oxygen atoms in total. The Morgan fingerprint density at radius 1 is 1.25 bits per heavy atom. The fourth-order valence-electron chi connectivity index (χ4n) is 3.81. The predicted octanol–water partition coefficient (Wildman–Crippen LogP) is 3.25. The molecule has 1 saturated carbocycles. The number of amides is 3. The van der Waals surface area contributed by atoms with Crippen LogP contribution in [0.5, 0.6) is 5.75 Å². The van der Waals surface area contributed by atoms with E-state index in [-0.39, 0.29) is 61.3 Å². The molecule has 1 atom stereocenters. The molecule has 13 heteroatoms. The van der Waals surface area contributed by atoms with E-state index in [0.717, 1.165) is 30.6 Å². The average molecular weight is 543 g/mol. The molecule has 1 saturated heterocycles. The number of halogens is 3. The van der Waals surface area contributed by atoms with E-state index in [4.69, 9.17) is 16.3 Å². The van der Waals surface area contributed by atoms with Crippen LogP contribution in [-0.2, 0) is 14.3 Å². The molecule has 1 aromatic heterocycles. The fraction of sp³-hybridized carbons (Fsp3) is 0.435. The van der Waals surface area contributed by atoms with E-state index in [1.165, 1.54) is 23.1 Å². The van der Waals surface area contributed by atoms with Crippen LogP contribution >= 0.6 is 22.9 Å². The molecule has 0 bridgehead atoms. The largest absolute Gasteiger partial charge is 0.433 e. The van der Waals surface area contributed by atoms with Crippen LogP contribution in [0.25, 0.3) is 0 Å². The molecule has 2 aliphatic rings. The first-order chi connectivity index (χ1) is 17.3. The summed E-state index contributed by atoms with van der Waals surface area (Å²) in [5, 5.41) is 8.66. The SMILES string of the molecule is O=C(NC[C@H](NC1CCC1)C(=O)Nc1ccc(N2CCOCC2=O)c(OC(F)F)c1)c1ccc(Cl)s1. The van der Waals surface area contributed by atoms with Gasteiger partial charge in [0.25, 0.3) is 11.8 Å². The first-order valence-electron chi connectivity index (χ1n) is 11.4. The smallest absolute Gasteiger partial charge is 0.387 e. The monoisotopic (exact) mass is 542 g/mol. The summed E-state index contributed by atoms with van der Waals surface area (Å²) in [4.78, 5) is 39.4. The summed E-state index contributed by atoms with van der Waals surface area (Å²) < 4.78 is 36.4. The van der Waals surface area contributed by atoms with Gasteiger partial charge in [0.1, 0.15) is 12.6 Å². The maximum absolute atomic E-state index is 13.1. The first-order valence-corrected chi connectivity index (χ1v) is 12.6. The summed E-state index contributed by atoms with van der Waals surface area (Å²) in [6.45, 7) is -2.83. The van der Waals surface area contributed by atoms with E-state index in [9.17, 15) is 23.2 Å². The number of alkyl halides is 2. The summed E-state index contributed by atoms with van der Waals surface area (Å²) in [5.74, 6) is -1.44. The number of ether oxygens (including phenoxy) is 2. The third-order valence-corrected chi connectivity index (χ3v) is 7.07. The van der Waals surface area contributed by atoms with Gasteiger partial charge < -0.3 is 30.3 Å². The standard InChI is InChI=1S/C23H25ClF2N4O5S/c24-19-7-6-18(36-19)22(33)27-11-15(28-13-2-1-3-13)21(32)29-14-4-5-16(17(10-14)35-23(25)26)30-8-9-34-12-20(30)31/h4-7,10,13,15,23,28H,1-3,8-9,11-12H2,(H,27,33)(H,29,32)/t15-/m0/s1. The highest BCUT2D eigenvalue weighted by Gasteiger charge is 2.28. The maximum Gasteiger partial charge on any atom is 0.387 e. The van der Waals surface area contributed by atoms with Gasteiger partial charge in [0, 0.05) is 30.9 Å². The molecule has 1 aliphatic carbocycles. The lowest BCUT2D eigenvalue weighted by atomic mass is 9.92. The van der Waals surface area contributed by atoms with E-state index in [1.807, 2.05) is 0 Å². The molecule has 0 radical (unpaired) electrons. The fourth-order valence-corrected chi connectivity index (χ4v) is 4.77. The number of morpholine rings is 1. The van der Waals surface area contributed by atoms with Crippen molar-refractivity contribution in [3.63, 3.8) is 0 Å². The zero-order valence-electron chi connectivity index (χ0n) is 19.1. The molecule has 1 aromatic carbocycles. The number of benzene rings is 1. The van der Waals surface area contributed by atoms with Crippen LogP contribution in [0, 0.1) is 0 Å². The molecule has 1 aliphatic heterocycles. The summed E-state index contributed by atoms with van der Waals surface area (Å²) in [5.41, 5.74) is 0.365. The van der Waals surface area contributed by atoms with Gasteiger partial charge >= 0.3 is 6.61 Å². The second-order valence-electron chi connectivity index (χ2n) is 8.31.